The molecule has 0 radical (unpaired) electrons. The number of benzene rings is 1. The molecule has 8 nitrogen and oxygen atoms in total. The van der Waals surface area contributed by atoms with Gasteiger partial charge in [-0.05, 0) is 47.5 Å². The van der Waals surface area contributed by atoms with Crippen molar-refractivity contribution < 1.29 is 9.26 Å². The third kappa shape index (κ3) is 3.04. The molecule has 1 saturated carbocycles. The van der Waals surface area contributed by atoms with Gasteiger partial charge in [-0.3, -0.25) is 0 Å². The van der Waals surface area contributed by atoms with E-state index in [1.165, 1.54) is 11.8 Å². The average molecular weight is 330 g/mol. The highest BCUT2D eigenvalue weighted by molar-refractivity contribution is 7.98. The van der Waals surface area contributed by atoms with Crippen LogP contribution in [0.5, 0.6) is 5.75 Å². The summed E-state index contributed by atoms with van der Waals surface area (Å²) in [7, 11) is 1.63. The zero-order valence-corrected chi connectivity index (χ0v) is 13.2. The molecule has 2 aromatic heterocycles. The minimum absolute atomic E-state index is 0.449. The van der Waals surface area contributed by atoms with Gasteiger partial charge in [0.05, 0.1) is 18.9 Å². The van der Waals surface area contributed by atoms with Crippen molar-refractivity contribution in [3.8, 4) is 17.1 Å². The predicted octanol–water partition coefficient (Wildman–Crippen LogP) is 2.36. The van der Waals surface area contributed by atoms with Crippen molar-refractivity contribution >= 4 is 11.8 Å². The fourth-order valence-electron chi connectivity index (χ4n) is 2.13. The Morgan fingerprint density at radius 3 is 2.87 bits per heavy atom. The van der Waals surface area contributed by atoms with Crippen LogP contribution < -0.4 is 4.74 Å². The second-order valence-corrected chi connectivity index (χ2v) is 6.11. The van der Waals surface area contributed by atoms with Gasteiger partial charge in [0, 0.05) is 5.56 Å². The number of nitrogens with zero attached hydrogens (tertiary/aromatic N) is 6. The molecule has 0 unspecified atom stereocenters. The maximum absolute atomic E-state index is 5.30. The summed E-state index contributed by atoms with van der Waals surface area (Å²) in [5, 5.41) is 16.6. The van der Waals surface area contributed by atoms with E-state index in [4.69, 9.17) is 9.26 Å². The maximum atomic E-state index is 5.30. The Labute approximate surface area is 136 Å². The van der Waals surface area contributed by atoms with E-state index < -0.39 is 0 Å². The zero-order valence-electron chi connectivity index (χ0n) is 12.4. The van der Waals surface area contributed by atoms with E-state index in [0.29, 0.717) is 23.5 Å². The number of ether oxygens (including phenoxy) is 1. The Kier molecular flexibility index (Phi) is 3.70. The summed E-state index contributed by atoms with van der Waals surface area (Å²) >= 11 is 1.50. The summed E-state index contributed by atoms with van der Waals surface area (Å²) in [6, 6.07) is 7.97. The van der Waals surface area contributed by atoms with Gasteiger partial charge in [0.2, 0.25) is 16.9 Å². The third-order valence-corrected chi connectivity index (χ3v) is 4.41. The van der Waals surface area contributed by atoms with E-state index in [1.807, 2.05) is 28.9 Å². The molecule has 0 N–H and O–H groups in total. The molecule has 1 aliphatic carbocycles. The summed E-state index contributed by atoms with van der Waals surface area (Å²) in [5.74, 6) is 2.44. The van der Waals surface area contributed by atoms with Crippen molar-refractivity contribution in [3.05, 3.63) is 30.2 Å². The summed E-state index contributed by atoms with van der Waals surface area (Å²) in [4.78, 5) is 4.41. The van der Waals surface area contributed by atoms with Crippen LogP contribution in [0, 0.1) is 0 Å². The van der Waals surface area contributed by atoms with Gasteiger partial charge in [0.1, 0.15) is 5.75 Å². The van der Waals surface area contributed by atoms with Crippen LogP contribution in [0.3, 0.4) is 0 Å². The number of hydrogen-bond acceptors (Lipinski definition) is 8. The fraction of sp³-hybridized carbons (Fsp3) is 0.357. The number of thioether (sulfide) groups is 1. The lowest BCUT2D eigenvalue weighted by Crippen LogP contribution is -1.98. The molecule has 4 rings (SSSR count). The Morgan fingerprint density at radius 1 is 1.30 bits per heavy atom. The maximum Gasteiger partial charge on any atom is 0.237 e. The highest BCUT2D eigenvalue weighted by Crippen LogP contribution is 2.36. The van der Waals surface area contributed by atoms with Crippen molar-refractivity contribution in [1.82, 2.24) is 30.3 Å². The summed E-state index contributed by atoms with van der Waals surface area (Å²) in [6.45, 7) is 0. The first-order chi connectivity index (χ1) is 11.3. The topological polar surface area (TPSA) is 91.8 Å². The van der Waals surface area contributed by atoms with Crippen LogP contribution in [0.4, 0.5) is 0 Å². The van der Waals surface area contributed by atoms with Gasteiger partial charge in [0.25, 0.3) is 0 Å². The second kappa shape index (κ2) is 5.99. The van der Waals surface area contributed by atoms with Crippen LogP contribution in [-0.2, 0) is 5.75 Å². The van der Waals surface area contributed by atoms with Crippen LogP contribution in [0.25, 0.3) is 11.4 Å². The van der Waals surface area contributed by atoms with Gasteiger partial charge in [-0.25, -0.2) is 4.68 Å². The number of rotatable bonds is 6. The molecule has 1 aromatic carbocycles. The van der Waals surface area contributed by atoms with Gasteiger partial charge in [-0.2, -0.15) is 4.98 Å². The van der Waals surface area contributed by atoms with Gasteiger partial charge >= 0.3 is 0 Å². The lowest BCUT2D eigenvalue weighted by molar-refractivity contribution is 0.391. The molecular weight excluding hydrogens is 316 g/mol. The number of tetrazole rings is 1. The summed E-state index contributed by atoms with van der Waals surface area (Å²) < 4.78 is 12.3. The average Bonchev–Trinajstić information content (AvgIpc) is 3.14. The minimum atomic E-state index is 0.449. The molecule has 3 aromatic rings. The highest BCUT2D eigenvalue weighted by Gasteiger charge is 2.28. The largest absolute Gasteiger partial charge is 0.497 e. The highest BCUT2D eigenvalue weighted by atomic mass is 32.2. The molecule has 118 valence electrons. The molecule has 0 atom stereocenters. The number of hydrogen-bond donors (Lipinski definition) is 0. The van der Waals surface area contributed by atoms with Gasteiger partial charge in [-0.15, -0.1) is 5.10 Å². The monoisotopic (exact) mass is 330 g/mol. The second-order valence-electron chi connectivity index (χ2n) is 5.17. The smallest absolute Gasteiger partial charge is 0.237 e. The zero-order chi connectivity index (χ0) is 15.6. The van der Waals surface area contributed by atoms with Crippen molar-refractivity contribution in [2.45, 2.75) is 29.8 Å². The molecule has 0 bridgehead atoms. The first-order valence-electron chi connectivity index (χ1n) is 7.21. The third-order valence-electron chi connectivity index (χ3n) is 3.50. The van der Waals surface area contributed by atoms with E-state index in [9.17, 15) is 0 Å². The van der Waals surface area contributed by atoms with Gasteiger partial charge < -0.3 is 9.26 Å². The van der Waals surface area contributed by atoms with E-state index in [0.717, 1.165) is 29.3 Å². The van der Waals surface area contributed by atoms with Crippen molar-refractivity contribution in [3.63, 3.8) is 0 Å². The molecule has 23 heavy (non-hydrogen) atoms. The molecule has 2 heterocycles. The van der Waals surface area contributed by atoms with E-state index in [-0.39, 0.29) is 0 Å². The molecule has 0 saturated heterocycles. The van der Waals surface area contributed by atoms with Crippen LogP contribution in [0.15, 0.2) is 33.9 Å². The van der Waals surface area contributed by atoms with Crippen LogP contribution >= 0.6 is 11.8 Å². The quantitative estimate of drug-likeness (QED) is 0.636. The van der Waals surface area contributed by atoms with Crippen LogP contribution in [0.2, 0.25) is 0 Å². The minimum Gasteiger partial charge on any atom is -0.497 e. The van der Waals surface area contributed by atoms with Crippen LogP contribution in [-0.4, -0.2) is 37.5 Å². The number of methoxy groups -OCH3 is 1. The molecule has 0 aliphatic heterocycles. The SMILES string of the molecule is COc1ccc(-c2noc(CSc3nnnn3C3CC3)n2)cc1. The van der Waals surface area contributed by atoms with Gasteiger partial charge in [-0.1, -0.05) is 16.9 Å². The van der Waals surface area contributed by atoms with E-state index in [2.05, 4.69) is 25.7 Å². The normalized spacial score (nSPS) is 14.1. The Balaban J connectivity index is 1.44. The molecule has 1 aliphatic rings. The van der Waals surface area contributed by atoms with Crippen LogP contribution in [0.1, 0.15) is 24.8 Å². The Hall–Kier alpha value is -2.42. The molecular formula is C14H14N6O2S. The summed E-state index contributed by atoms with van der Waals surface area (Å²) in [5.41, 5.74) is 0.883. The van der Waals surface area contributed by atoms with Crippen molar-refractivity contribution in [2.75, 3.05) is 7.11 Å². The number of aromatic nitrogens is 6. The van der Waals surface area contributed by atoms with Crippen molar-refractivity contribution in [2.24, 2.45) is 0 Å². The lowest BCUT2D eigenvalue weighted by Gasteiger charge is -1.99. The molecule has 0 amide bonds. The van der Waals surface area contributed by atoms with Gasteiger partial charge in [0.15, 0.2) is 0 Å². The molecule has 0 spiro atoms. The Morgan fingerprint density at radius 2 is 2.13 bits per heavy atom. The predicted molar refractivity (Wildman–Crippen MR) is 81.9 cm³/mol. The summed E-state index contributed by atoms with van der Waals surface area (Å²) in [6.07, 6.45) is 2.28. The fourth-order valence-corrected chi connectivity index (χ4v) is 2.91. The Bertz CT molecular complexity index is 796. The molecule has 1 fully saturated rings. The van der Waals surface area contributed by atoms with E-state index in [1.54, 1.807) is 7.11 Å². The first kappa shape index (κ1) is 14.2. The molecule has 9 heteroatoms. The van der Waals surface area contributed by atoms with Crippen molar-refractivity contribution in [1.29, 1.82) is 0 Å². The standard InChI is InChI=1S/C14H14N6O2S/c1-21-11-6-2-9(3-7-11)13-15-12(22-17-13)8-23-14-16-18-19-20(14)10-4-5-10/h2-3,6-7,10H,4-5,8H2,1H3. The van der Waals surface area contributed by atoms with E-state index >= 15 is 0 Å². The first-order valence-corrected chi connectivity index (χ1v) is 8.20. The lowest BCUT2D eigenvalue weighted by atomic mass is 10.2.